The van der Waals surface area contributed by atoms with Crippen LogP contribution in [-0.2, 0) is 0 Å². The fourth-order valence-electron chi connectivity index (χ4n) is 2.56. The molecule has 2 aromatic rings. The van der Waals surface area contributed by atoms with Gasteiger partial charge in [0.1, 0.15) is 0 Å². The molecule has 0 N–H and O–H groups in total. The van der Waals surface area contributed by atoms with Gasteiger partial charge in [0.05, 0.1) is 0 Å². The van der Waals surface area contributed by atoms with E-state index in [0.717, 1.165) is 11.5 Å². The molecule has 0 unspecified atom stereocenters. The summed E-state index contributed by atoms with van der Waals surface area (Å²) in [5, 5.41) is 8.40. The van der Waals surface area contributed by atoms with Crippen molar-refractivity contribution in [3.05, 3.63) is 35.7 Å². The summed E-state index contributed by atoms with van der Waals surface area (Å²) in [6.07, 6.45) is 6.29. The van der Waals surface area contributed by atoms with Gasteiger partial charge in [-0.2, -0.15) is 0 Å². The largest absolute Gasteiger partial charge is 0.420 e. The van der Waals surface area contributed by atoms with Gasteiger partial charge in [-0.05, 0) is 31.9 Å². The SMILES string of the molecule is Cc1ccc(-c2nnc(C3CCCCC3)o2)cc1. The van der Waals surface area contributed by atoms with Crippen molar-refractivity contribution in [2.45, 2.75) is 44.9 Å². The molecule has 3 nitrogen and oxygen atoms in total. The molecule has 1 aromatic carbocycles. The predicted molar refractivity (Wildman–Crippen MR) is 70.3 cm³/mol. The molecule has 0 spiro atoms. The highest BCUT2D eigenvalue weighted by molar-refractivity contribution is 5.52. The van der Waals surface area contributed by atoms with Gasteiger partial charge in [0.25, 0.3) is 0 Å². The van der Waals surface area contributed by atoms with Gasteiger partial charge in [-0.15, -0.1) is 10.2 Å². The molecule has 0 radical (unpaired) electrons. The van der Waals surface area contributed by atoms with Crippen LogP contribution in [-0.4, -0.2) is 10.2 Å². The van der Waals surface area contributed by atoms with Gasteiger partial charge in [-0.25, -0.2) is 0 Å². The molecule has 1 aromatic heterocycles. The summed E-state index contributed by atoms with van der Waals surface area (Å²) in [4.78, 5) is 0. The van der Waals surface area contributed by atoms with Crippen molar-refractivity contribution in [2.75, 3.05) is 0 Å². The van der Waals surface area contributed by atoms with E-state index in [1.165, 1.54) is 37.7 Å². The molecule has 1 heterocycles. The first-order chi connectivity index (χ1) is 8.83. The number of hydrogen-bond acceptors (Lipinski definition) is 3. The number of aryl methyl sites for hydroxylation is 1. The van der Waals surface area contributed by atoms with Crippen LogP contribution < -0.4 is 0 Å². The van der Waals surface area contributed by atoms with Crippen LogP contribution in [0.15, 0.2) is 28.7 Å². The minimum atomic E-state index is 0.477. The maximum Gasteiger partial charge on any atom is 0.247 e. The van der Waals surface area contributed by atoms with Gasteiger partial charge in [0, 0.05) is 11.5 Å². The number of hydrogen-bond donors (Lipinski definition) is 0. The summed E-state index contributed by atoms with van der Waals surface area (Å²) in [5.74, 6) is 1.95. The Morgan fingerprint density at radius 3 is 2.44 bits per heavy atom. The zero-order valence-electron chi connectivity index (χ0n) is 10.7. The molecule has 3 rings (SSSR count). The van der Waals surface area contributed by atoms with Gasteiger partial charge < -0.3 is 4.42 Å². The second-order valence-electron chi connectivity index (χ2n) is 5.15. The molecule has 1 aliphatic carbocycles. The summed E-state index contributed by atoms with van der Waals surface area (Å²) in [5.41, 5.74) is 2.25. The Labute approximate surface area is 107 Å². The first kappa shape index (κ1) is 11.5. The molecule has 94 valence electrons. The lowest BCUT2D eigenvalue weighted by atomic mass is 9.89. The standard InChI is InChI=1S/C15H18N2O/c1-11-7-9-13(10-8-11)15-17-16-14(18-15)12-5-3-2-4-6-12/h7-10,12H,2-6H2,1H3. The minimum absolute atomic E-state index is 0.477. The van der Waals surface area contributed by atoms with Crippen molar-refractivity contribution in [3.8, 4) is 11.5 Å². The van der Waals surface area contributed by atoms with E-state index in [0.29, 0.717) is 11.8 Å². The fraction of sp³-hybridized carbons (Fsp3) is 0.467. The zero-order chi connectivity index (χ0) is 12.4. The monoisotopic (exact) mass is 242 g/mol. The van der Waals surface area contributed by atoms with Crippen LogP contribution in [0.5, 0.6) is 0 Å². The van der Waals surface area contributed by atoms with E-state index in [2.05, 4.69) is 29.3 Å². The molecule has 0 saturated heterocycles. The highest BCUT2D eigenvalue weighted by Crippen LogP contribution is 2.33. The third-order valence-electron chi connectivity index (χ3n) is 3.69. The maximum absolute atomic E-state index is 5.83. The van der Waals surface area contributed by atoms with Crippen LogP contribution in [0.4, 0.5) is 0 Å². The molecule has 1 fully saturated rings. The van der Waals surface area contributed by atoms with Gasteiger partial charge in [0.2, 0.25) is 11.8 Å². The van der Waals surface area contributed by atoms with Crippen molar-refractivity contribution in [3.63, 3.8) is 0 Å². The summed E-state index contributed by atoms with van der Waals surface area (Å²) in [6, 6.07) is 8.21. The van der Waals surface area contributed by atoms with Crippen LogP contribution >= 0.6 is 0 Å². The average Bonchev–Trinajstić information content (AvgIpc) is 2.90. The molecule has 0 bridgehead atoms. The smallest absolute Gasteiger partial charge is 0.247 e. The molecule has 18 heavy (non-hydrogen) atoms. The minimum Gasteiger partial charge on any atom is -0.420 e. The van der Waals surface area contributed by atoms with Crippen molar-refractivity contribution in [2.24, 2.45) is 0 Å². The molecule has 0 atom stereocenters. The van der Waals surface area contributed by atoms with E-state index in [-0.39, 0.29) is 0 Å². The molecule has 0 amide bonds. The Morgan fingerprint density at radius 2 is 1.72 bits per heavy atom. The van der Waals surface area contributed by atoms with E-state index < -0.39 is 0 Å². The molecule has 0 aliphatic heterocycles. The summed E-state index contributed by atoms with van der Waals surface area (Å²) >= 11 is 0. The maximum atomic E-state index is 5.83. The number of rotatable bonds is 2. The Hall–Kier alpha value is -1.64. The Bertz CT molecular complexity index is 510. The average molecular weight is 242 g/mol. The summed E-state index contributed by atoms with van der Waals surface area (Å²) in [6.45, 7) is 2.07. The second kappa shape index (κ2) is 4.92. The van der Waals surface area contributed by atoms with Crippen molar-refractivity contribution < 1.29 is 4.42 Å². The predicted octanol–water partition coefficient (Wildman–Crippen LogP) is 4.09. The highest BCUT2D eigenvalue weighted by Gasteiger charge is 2.21. The van der Waals surface area contributed by atoms with E-state index in [1.54, 1.807) is 0 Å². The number of aromatic nitrogens is 2. The van der Waals surface area contributed by atoms with Crippen molar-refractivity contribution in [1.82, 2.24) is 10.2 Å². The molecular formula is C15H18N2O. The lowest BCUT2D eigenvalue weighted by Gasteiger charge is -2.17. The van der Waals surface area contributed by atoms with Gasteiger partial charge in [-0.3, -0.25) is 0 Å². The van der Waals surface area contributed by atoms with E-state index in [9.17, 15) is 0 Å². The first-order valence-electron chi connectivity index (χ1n) is 6.73. The lowest BCUT2D eigenvalue weighted by molar-refractivity contribution is 0.367. The molecule has 3 heteroatoms. The van der Waals surface area contributed by atoms with Crippen LogP contribution in [0.1, 0.15) is 49.5 Å². The highest BCUT2D eigenvalue weighted by atomic mass is 16.4. The number of benzene rings is 1. The quantitative estimate of drug-likeness (QED) is 0.796. The Balaban J connectivity index is 1.82. The van der Waals surface area contributed by atoms with Gasteiger partial charge in [-0.1, -0.05) is 37.0 Å². The van der Waals surface area contributed by atoms with E-state index in [4.69, 9.17) is 4.42 Å². The first-order valence-corrected chi connectivity index (χ1v) is 6.73. The molecular weight excluding hydrogens is 224 g/mol. The second-order valence-corrected chi connectivity index (χ2v) is 5.15. The Morgan fingerprint density at radius 1 is 1.00 bits per heavy atom. The van der Waals surface area contributed by atoms with Crippen molar-refractivity contribution in [1.29, 1.82) is 0 Å². The Kier molecular flexibility index (Phi) is 3.13. The topological polar surface area (TPSA) is 38.9 Å². The van der Waals surface area contributed by atoms with Gasteiger partial charge in [0.15, 0.2) is 0 Å². The third-order valence-corrected chi connectivity index (χ3v) is 3.69. The lowest BCUT2D eigenvalue weighted by Crippen LogP contribution is -2.04. The van der Waals surface area contributed by atoms with Crippen LogP contribution in [0.25, 0.3) is 11.5 Å². The van der Waals surface area contributed by atoms with E-state index >= 15 is 0 Å². The van der Waals surface area contributed by atoms with Crippen LogP contribution in [0, 0.1) is 6.92 Å². The summed E-state index contributed by atoms with van der Waals surface area (Å²) < 4.78 is 5.83. The fourth-order valence-corrected chi connectivity index (χ4v) is 2.56. The third kappa shape index (κ3) is 2.30. The molecule has 1 saturated carbocycles. The summed E-state index contributed by atoms with van der Waals surface area (Å²) in [7, 11) is 0. The zero-order valence-corrected chi connectivity index (χ0v) is 10.7. The normalized spacial score (nSPS) is 16.9. The number of nitrogens with zero attached hydrogens (tertiary/aromatic N) is 2. The van der Waals surface area contributed by atoms with Crippen molar-refractivity contribution >= 4 is 0 Å². The van der Waals surface area contributed by atoms with Crippen LogP contribution in [0.2, 0.25) is 0 Å². The van der Waals surface area contributed by atoms with Crippen LogP contribution in [0.3, 0.4) is 0 Å². The van der Waals surface area contributed by atoms with E-state index in [1.807, 2.05) is 12.1 Å². The molecule has 1 aliphatic rings. The van der Waals surface area contributed by atoms with Gasteiger partial charge >= 0.3 is 0 Å².